The maximum Gasteiger partial charge on any atom is 0.414 e. The molecule has 0 fully saturated rings. The molecule has 0 saturated heterocycles. The predicted octanol–water partition coefficient (Wildman–Crippen LogP) is 5.09. The highest BCUT2D eigenvalue weighted by Crippen LogP contribution is 2.18. The largest absolute Gasteiger partial charge is 0.461 e. The second kappa shape index (κ2) is 9.40. The highest BCUT2D eigenvalue weighted by atomic mass is 16.6. The van der Waals surface area contributed by atoms with Crippen molar-refractivity contribution in [2.45, 2.75) is 46.1 Å². The molecule has 5 heteroatoms. The van der Waals surface area contributed by atoms with Gasteiger partial charge in [-0.3, -0.25) is 4.90 Å². The zero-order chi connectivity index (χ0) is 20.7. The molecule has 0 aliphatic carbocycles. The number of ether oxygens (including phenoxy) is 2. The minimum absolute atomic E-state index is 0.192. The number of carbonyl (C=O) groups is 2. The lowest BCUT2D eigenvalue weighted by Crippen LogP contribution is -2.36. The first kappa shape index (κ1) is 21.5. The molecule has 0 N–H and O–H groups in total. The van der Waals surface area contributed by atoms with E-state index in [-0.39, 0.29) is 12.3 Å². The molecular formula is C23H29NO4. The lowest BCUT2D eigenvalue weighted by atomic mass is 10.0. The second-order valence-corrected chi connectivity index (χ2v) is 7.57. The second-order valence-electron chi connectivity index (χ2n) is 7.57. The molecule has 2 aromatic carbocycles. The molecule has 0 radical (unpaired) electrons. The van der Waals surface area contributed by atoms with Crippen molar-refractivity contribution in [1.82, 2.24) is 4.90 Å². The summed E-state index contributed by atoms with van der Waals surface area (Å²) in [6.07, 6.45) is 2.49. The molecule has 1 amide bonds. The minimum Gasteiger partial charge on any atom is -0.461 e. The molecular weight excluding hydrogens is 354 g/mol. The SMILES string of the molecule is CCOC(=O)C(=CCCc1ccc2ccccc2c1)N(C)C(=O)OC(C)(C)C. The number of esters is 1. The van der Waals surface area contributed by atoms with E-state index in [1.165, 1.54) is 22.7 Å². The van der Waals surface area contributed by atoms with Crippen LogP contribution in [0.3, 0.4) is 0 Å². The van der Waals surface area contributed by atoms with E-state index in [1.807, 2.05) is 12.1 Å². The molecule has 0 heterocycles. The molecule has 0 saturated carbocycles. The monoisotopic (exact) mass is 383 g/mol. The van der Waals surface area contributed by atoms with Crippen LogP contribution in [0.5, 0.6) is 0 Å². The van der Waals surface area contributed by atoms with Gasteiger partial charge in [-0.2, -0.15) is 0 Å². The molecule has 150 valence electrons. The van der Waals surface area contributed by atoms with Gasteiger partial charge in [-0.1, -0.05) is 48.5 Å². The van der Waals surface area contributed by atoms with Gasteiger partial charge < -0.3 is 9.47 Å². The van der Waals surface area contributed by atoms with Crippen molar-refractivity contribution >= 4 is 22.8 Å². The van der Waals surface area contributed by atoms with Crippen molar-refractivity contribution in [2.24, 2.45) is 0 Å². The number of nitrogens with zero attached hydrogens (tertiary/aromatic N) is 1. The Hall–Kier alpha value is -2.82. The Morgan fingerprint density at radius 3 is 2.39 bits per heavy atom. The molecule has 2 rings (SSSR count). The molecule has 2 aromatic rings. The van der Waals surface area contributed by atoms with Gasteiger partial charge in [0.2, 0.25) is 0 Å². The minimum atomic E-state index is -0.643. The fourth-order valence-electron chi connectivity index (χ4n) is 2.76. The van der Waals surface area contributed by atoms with Crippen molar-refractivity contribution in [2.75, 3.05) is 13.7 Å². The fraction of sp³-hybridized carbons (Fsp3) is 0.391. The van der Waals surface area contributed by atoms with E-state index >= 15 is 0 Å². The smallest absolute Gasteiger partial charge is 0.414 e. The highest BCUT2D eigenvalue weighted by molar-refractivity contribution is 5.92. The summed E-state index contributed by atoms with van der Waals surface area (Å²) in [5.74, 6) is -0.533. The Kier molecular flexibility index (Phi) is 7.21. The van der Waals surface area contributed by atoms with E-state index < -0.39 is 17.7 Å². The quantitative estimate of drug-likeness (QED) is 0.515. The maximum absolute atomic E-state index is 12.3. The summed E-state index contributed by atoms with van der Waals surface area (Å²) in [6, 6.07) is 14.5. The maximum atomic E-state index is 12.3. The van der Waals surface area contributed by atoms with Crippen LogP contribution in [-0.4, -0.2) is 36.2 Å². The Labute approximate surface area is 166 Å². The van der Waals surface area contributed by atoms with Gasteiger partial charge >= 0.3 is 12.1 Å². The summed E-state index contributed by atoms with van der Waals surface area (Å²) in [7, 11) is 1.52. The van der Waals surface area contributed by atoms with Crippen LogP contribution in [-0.2, 0) is 20.7 Å². The number of carbonyl (C=O) groups excluding carboxylic acids is 2. The van der Waals surface area contributed by atoms with Crippen molar-refractivity contribution in [3.63, 3.8) is 0 Å². The average molecular weight is 383 g/mol. The number of hydrogen-bond acceptors (Lipinski definition) is 4. The summed E-state index contributed by atoms with van der Waals surface area (Å²) in [5, 5.41) is 2.37. The first-order valence-corrected chi connectivity index (χ1v) is 9.53. The van der Waals surface area contributed by atoms with Crippen LogP contribution in [0.4, 0.5) is 4.79 Å². The van der Waals surface area contributed by atoms with Gasteiger partial charge in [-0.05, 0) is 56.9 Å². The summed E-state index contributed by atoms with van der Waals surface area (Å²) in [6.45, 7) is 7.33. The van der Waals surface area contributed by atoms with E-state index in [0.717, 1.165) is 12.0 Å². The topological polar surface area (TPSA) is 55.8 Å². The molecule has 0 aromatic heterocycles. The molecule has 5 nitrogen and oxygen atoms in total. The zero-order valence-electron chi connectivity index (χ0n) is 17.3. The van der Waals surface area contributed by atoms with Crippen LogP contribution in [0.25, 0.3) is 10.8 Å². The van der Waals surface area contributed by atoms with Crippen LogP contribution in [0.15, 0.2) is 54.2 Å². The van der Waals surface area contributed by atoms with Gasteiger partial charge in [0.25, 0.3) is 0 Å². The van der Waals surface area contributed by atoms with Gasteiger partial charge in [0.1, 0.15) is 11.3 Å². The molecule has 0 bridgehead atoms. The number of hydrogen-bond donors (Lipinski definition) is 0. The first-order valence-electron chi connectivity index (χ1n) is 9.53. The van der Waals surface area contributed by atoms with Crippen LogP contribution in [0, 0.1) is 0 Å². The Morgan fingerprint density at radius 2 is 1.75 bits per heavy atom. The van der Waals surface area contributed by atoms with Gasteiger partial charge in [-0.25, -0.2) is 9.59 Å². The van der Waals surface area contributed by atoms with Crippen molar-refractivity contribution in [3.8, 4) is 0 Å². The average Bonchev–Trinajstić information content (AvgIpc) is 2.63. The number of allylic oxidation sites excluding steroid dienone is 1. The van der Waals surface area contributed by atoms with E-state index in [2.05, 4.69) is 30.3 Å². The molecule has 0 unspecified atom stereocenters. The van der Waals surface area contributed by atoms with E-state index in [4.69, 9.17) is 9.47 Å². The Balaban J connectivity index is 2.14. The lowest BCUT2D eigenvalue weighted by Gasteiger charge is -2.25. The molecule has 0 aliphatic rings. The first-order chi connectivity index (χ1) is 13.2. The standard InChI is InChI=1S/C23H29NO4/c1-6-27-21(25)20(24(5)22(26)28-23(2,3)4)13-9-10-17-14-15-18-11-7-8-12-19(18)16-17/h7-8,11-16H,6,9-10H2,1-5H3. The summed E-state index contributed by atoms with van der Waals surface area (Å²) < 4.78 is 10.5. The summed E-state index contributed by atoms with van der Waals surface area (Å²) in [4.78, 5) is 25.9. The van der Waals surface area contributed by atoms with Crippen LogP contribution >= 0.6 is 0 Å². The van der Waals surface area contributed by atoms with Gasteiger partial charge in [-0.15, -0.1) is 0 Å². The van der Waals surface area contributed by atoms with Crippen LogP contribution in [0.1, 0.15) is 39.7 Å². The summed E-state index contributed by atoms with van der Waals surface area (Å²) in [5.41, 5.74) is 0.714. The number of fused-ring (bicyclic) bond motifs is 1. The summed E-state index contributed by atoms with van der Waals surface area (Å²) >= 11 is 0. The van der Waals surface area contributed by atoms with Crippen LogP contribution in [0.2, 0.25) is 0 Å². The Bertz CT molecular complexity index is 864. The highest BCUT2D eigenvalue weighted by Gasteiger charge is 2.25. The van der Waals surface area contributed by atoms with Crippen molar-refractivity contribution in [3.05, 3.63) is 59.8 Å². The van der Waals surface area contributed by atoms with E-state index in [9.17, 15) is 9.59 Å². The molecule has 0 spiro atoms. The molecule has 28 heavy (non-hydrogen) atoms. The molecule has 0 atom stereocenters. The number of aryl methyl sites for hydroxylation is 1. The Morgan fingerprint density at radius 1 is 1.07 bits per heavy atom. The lowest BCUT2D eigenvalue weighted by molar-refractivity contribution is -0.140. The predicted molar refractivity (Wildman–Crippen MR) is 111 cm³/mol. The third kappa shape index (κ3) is 6.12. The van der Waals surface area contributed by atoms with E-state index in [1.54, 1.807) is 33.8 Å². The zero-order valence-corrected chi connectivity index (χ0v) is 17.3. The molecule has 0 aliphatic heterocycles. The normalized spacial score (nSPS) is 12.0. The third-order valence-electron chi connectivity index (χ3n) is 4.10. The van der Waals surface area contributed by atoms with Crippen LogP contribution < -0.4 is 0 Å². The van der Waals surface area contributed by atoms with Crippen molar-refractivity contribution in [1.29, 1.82) is 0 Å². The fourth-order valence-corrected chi connectivity index (χ4v) is 2.76. The van der Waals surface area contributed by atoms with Gasteiger partial charge in [0.05, 0.1) is 6.61 Å². The number of rotatable bonds is 6. The third-order valence-corrected chi connectivity index (χ3v) is 4.10. The number of likely N-dealkylation sites (N-methyl/N-ethyl adjacent to an activating group) is 1. The van der Waals surface area contributed by atoms with Gasteiger partial charge in [0.15, 0.2) is 0 Å². The van der Waals surface area contributed by atoms with Crippen molar-refractivity contribution < 1.29 is 19.1 Å². The van der Waals surface area contributed by atoms with E-state index in [0.29, 0.717) is 6.42 Å². The number of benzene rings is 2. The van der Waals surface area contributed by atoms with Gasteiger partial charge in [0, 0.05) is 7.05 Å². The number of amides is 1.